The molecule has 2 nitrogen and oxygen atoms in total. The number of halogens is 3. The maximum atomic E-state index is 6.04. The molecule has 0 bridgehead atoms. The standard InChI is InChI=1S/C14H12Cl3NO/c15-10-2-1-3-11(7-10)19-8-14(18)9-4-5-12(16)13(17)6-9/h1-7,14H,8,18H2. The monoisotopic (exact) mass is 315 g/mol. The molecule has 19 heavy (non-hydrogen) atoms. The highest BCUT2D eigenvalue weighted by Gasteiger charge is 2.09. The van der Waals surface area contributed by atoms with Crippen molar-refractivity contribution in [3.05, 3.63) is 63.1 Å². The number of benzene rings is 2. The minimum absolute atomic E-state index is 0.284. The quantitative estimate of drug-likeness (QED) is 0.885. The molecule has 1 unspecified atom stereocenters. The molecule has 0 aliphatic carbocycles. The molecule has 0 heterocycles. The summed E-state index contributed by atoms with van der Waals surface area (Å²) in [7, 11) is 0. The highest BCUT2D eigenvalue weighted by Crippen LogP contribution is 2.25. The predicted molar refractivity (Wildman–Crippen MR) is 80.3 cm³/mol. The molecule has 2 aromatic carbocycles. The van der Waals surface area contributed by atoms with Crippen LogP contribution in [0.1, 0.15) is 11.6 Å². The second-order valence-corrected chi connectivity index (χ2v) is 5.30. The lowest BCUT2D eigenvalue weighted by Crippen LogP contribution is -2.18. The van der Waals surface area contributed by atoms with E-state index >= 15 is 0 Å². The van der Waals surface area contributed by atoms with Gasteiger partial charge in [-0.2, -0.15) is 0 Å². The molecule has 2 aromatic rings. The topological polar surface area (TPSA) is 35.2 Å². The van der Waals surface area contributed by atoms with Crippen LogP contribution >= 0.6 is 34.8 Å². The third kappa shape index (κ3) is 4.02. The molecular weight excluding hydrogens is 305 g/mol. The molecule has 0 aliphatic rings. The van der Waals surface area contributed by atoms with E-state index in [-0.39, 0.29) is 6.04 Å². The van der Waals surface area contributed by atoms with E-state index in [1.54, 1.807) is 24.3 Å². The van der Waals surface area contributed by atoms with Gasteiger partial charge in [-0.1, -0.05) is 46.9 Å². The molecule has 2 rings (SSSR count). The van der Waals surface area contributed by atoms with Crippen molar-refractivity contribution in [1.29, 1.82) is 0 Å². The highest BCUT2D eigenvalue weighted by atomic mass is 35.5. The van der Waals surface area contributed by atoms with Crippen molar-refractivity contribution in [3.8, 4) is 5.75 Å². The van der Waals surface area contributed by atoms with Crippen molar-refractivity contribution in [2.75, 3.05) is 6.61 Å². The molecule has 0 fully saturated rings. The normalized spacial score (nSPS) is 12.2. The van der Waals surface area contributed by atoms with Gasteiger partial charge >= 0.3 is 0 Å². The minimum Gasteiger partial charge on any atom is -0.492 e. The third-order valence-electron chi connectivity index (χ3n) is 2.60. The maximum Gasteiger partial charge on any atom is 0.120 e. The summed E-state index contributed by atoms with van der Waals surface area (Å²) in [5.41, 5.74) is 6.91. The summed E-state index contributed by atoms with van der Waals surface area (Å²) in [6, 6.07) is 12.2. The van der Waals surface area contributed by atoms with Crippen molar-refractivity contribution in [2.24, 2.45) is 5.73 Å². The van der Waals surface area contributed by atoms with Crippen LogP contribution in [0.4, 0.5) is 0 Å². The Labute approximate surface area is 127 Å². The SMILES string of the molecule is NC(COc1cccc(Cl)c1)c1ccc(Cl)c(Cl)c1. The second-order valence-electron chi connectivity index (χ2n) is 4.05. The van der Waals surface area contributed by atoms with E-state index in [4.69, 9.17) is 45.3 Å². The lowest BCUT2D eigenvalue weighted by atomic mass is 10.1. The summed E-state index contributed by atoms with van der Waals surface area (Å²) < 4.78 is 5.59. The minimum atomic E-state index is -0.284. The summed E-state index contributed by atoms with van der Waals surface area (Å²) in [6.45, 7) is 0.332. The fourth-order valence-electron chi connectivity index (χ4n) is 1.58. The molecule has 0 aromatic heterocycles. The summed E-state index contributed by atoms with van der Waals surface area (Å²) in [4.78, 5) is 0. The first kappa shape index (κ1) is 14.5. The first-order chi connectivity index (χ1) is 9.06. The Hall–Kier alpha value is -0.930. The van der Waals surface area contributed by atoms with Gasteiger partial charge in [0, 0.05) is 5.02 Å². The zero-order valence-electron chi connectivity index (χ0n) is 9.95. The Morgan fingerprint density at radius 3 is 2.47 bits per heavy atom. The Morgan fingerprint density at radius 2 is 1.79 bits per heavy atom. The smallest absolute Gasteiger partial charge is 0.120 e. The molecular formula is C14H12Cl3NO. The van der Waals surface area contributed by atoms with Crippen molar-refractivity contribution in [3.63, 3.8) is 0 Å². The molecule has 0 spiro atoms. The lowest BCUT2D eigenvalue weighted by Gasteiger charge is -2.14. The largest absolute Gasteiger partial charge is 0.492 e. The molecule has 100 valence electrons. The van der Waals surface area contributed by atoms with Crippen LogP contribution in [-0.4, -0.2) is 6.61 Å². The van der Waals surface area contributed by atoms with E-state index in [1.165, 1.54) is 0 Å². The third-order valence-corrected chi connectivity index (χ3v) is 3.57. The first-order valence-corrected chi connectivity index (χ1v) is 6.78. The van der Waals surface area contributed by atoms with Gasteiger partial charge in [0.15, 0.2) is 0 Å². The predicted octanol–water partition coefficient (Wildman–Crippen LogP) is 4.73. The van der Waals surface area contributed by atoms with Gasteiger partial charge in [0.05, 0.1) is 16.1 Å². The van der Waals surface area contributed by atoms with Crippen LogP contribution in [0.5, 0.6) is 5.75 Å². The van der Waals surface area contributed by atoms with E-state index in [0.29, 0.717) is 27.4 Å². The van der Waals surface area contributed by atoms with Crippen molar-refractivity contribution in [1.82, 2.24) is 0 Å². The summed E-state index contributed by atoms with van der Waals surface area (Å²) in [6.07, 6.45) is 0. The summed E-state index contributed by atoms with van der Waals surface area (Å²) >= 11 is 17.7. The number of rotatable bonds is 4. The van der Waals surface area contributed by atoms with E-state index in [0.717, 1.165) is 5.56 Å². The van der Waals surface area contributed by atoms with Crippen molar-refractivity contribution >= 4 is 34.8 Å². The Bertz CT molecular complexity index is 574. The molecule has 0 amide bonds. The van der Waals surface area contributed by atoms with Gasteiger partial charge in [-0.15, -0.1) is 0 Å². The van der Waals surface area contributed by atoms with E-state index in [2.05, 4.69) is 0 Å². The molecule has 0 aliphatic heterocycles. The fraction of sp³-hybridized carbons (Fsp3) is 0.143. The van der Waals surface area contributed by atoms with E-state index in [9.17, 15) is 0 Å². The van der Waals surface area contributed by atoms with Crippen LogP contribution < -0.4 is 10.5 Å². The van der Waals surface area contributed by atoms with Gasteiger partial charge in [0.1, 0.15) is 12.4 Å². The summed E-state index contributed by atoms with van der Waals surface area (Å²) in [5.74, 6) is 0.683. The Balaban J connectivity index is 2.01. The molecule has 1 atom stereocenters. The number of hydrogen-bond donors (Lipinski definition) is 1. The average Bonchev–Trinajstić information content (AvgIpc) is 2.39. The zero-order valence-corrected chi connectivity index (χ0v) is 12.2. The Kier molecular flexibility index (Phi) is 4.94. The van der Waals surface area contributed by atoms with Crippen LogP contribution in [0.2, 0.25) is 15.1 Å². The van der Waals surface area contributed by atoms with Gasteiger partial charge in [0.2, 0.25) is 0 Å². The van der Waals surface area contributed by atoms with Gasteiger partial charge in [-0.05, 0) is 35.9 Å². The Morgan fingerprint density at radius 1 is 1.00 bits per heavy atom. The van der Waals surface area contributed by atoms with Gasteiger partial charge in [-0.3, -0.25) is 0 Å². The van der Waals surface area contributed by atoms with Crippen LogP contribution in [0.15, 0.2) is 42.5 Å². The molecule has 2 N–H and O–H groups in total. The number of hydrogen-bond acceptors (Lipinski definition) is 2. The first-order valence-electron chi connectivity index (χ1n) is 5.65. The maximum absolute atomic E-state index is 6.04. The van der Waals surface area contributed by atoms with Gasteiger partial charge < -0.3 is 10.5 Å². The summed E-state index contributed by atoms with van der Waals surface area (Å²) in [5, 5.41) is 1.62. The van der Waals surface area contributed by atoms with Crippen molar-refractivity contribution in [2.45, 2.75) is 6.04 Å². The molecule has 0 saturated heterocycles. The van der Waals surface area contributed by atoms with Crippen LogP contribution in [-0.2, 0) is 0 Å². The van der Waals surface area contributed by atoms with Gasteiger partial charge in [-0.25, -0.2) is 0 Å². The van der Waals surface area contributed by atoms with Gasteiger partial charge in [0.25, 0.3) is 0 Å². The van der Waals surface area contributed by atoms with Crippen molar-refractivity contribution < 1.29 is 4.74 Å². The second kappa shape index (κ2) is 6.49. The van der Waals surface area contributed by atoms with Crippen LogP contribution in [0.3, 0.4) is 0 Å². The zero-order chi connectivity index (χ0) is 13.8. The number of ether oxygens (including phenoxy) is 1. The van der Waals surface area contributed by atoms with E-state index < -0.39 is 0 Å². The average molecular weight is 317 g/mol. The molecule has 0 radical (unpaired) electrons. The lowest BCUT2D eigenvalue weighted by molar-refractivity contribution is 0.290. The van der Waals surface area contributed by atoms with E-state index in [1.807, 2.05) is 18.2 Å². The number of nitrogens with two attached hydrogens (primary N) is 1. The van der Waals surface area contributed by atoms with Crippen LogP contribution in [0.25, 0.3) is 0 Å². The fourth-order valence-corrected chi connectivity index (χ4v) is 2.07. The molecule has 0 saturated carbocycles. The molecule has 5 heteroatoms. The highest BCUT2D eigenvalue weighted by molar-refractivity contribution is 6.42. The van der Waals surface area contributed by atoms with Crippen LogP contribution in [0, 0.1) is 0 Å².